The molecule has 0 spiro atoms. The van der Waals surface area contributed by atoms with Crippen LogP contribution in [-0.2, 0) is 22.4 Å². The maximum absolute atomic E-state index is 10.5. The van der Waals surface area contributed by atoms with Crippen molar-refractivity contribution >= 4 is 17.2 Å². The molecular formula is C5H5AuCl2NOS. The summed E-state index contributed by atoms with van der Waals surface area (Å²) in [6.45, 7) is 0. The first-order valence-electron chi connectivity index (χ1n) is 2.24. The van der Waals surface area contributed by atoms with E-state index in [9.17, 15) is 5.21 Å². The van der Waals surface area contributed by atoms with Crippen molar-refractivity contribution in [1.29, 1.82) is 0 Å². The summed E-state index contributed by atoms with van der Waals surface area (Å²) in [6.07, 6.45) is 6.52. The predicted octanol–water partition coefficient (Wildman–Crippen LogP) is -6.21. The first kappa shape index (κ1) is 17.8. The van der Waals surface area contributed by atoms with E-state index in [1.54, 1.807) is 18.2 Å². The topological polar surface area (TPSA) is 27.5 Å². The van der Waals surface area contributed by atoms with Gasteiger partial charge in [0.1, 0.15) is 0 Å². The molecular weight excluding hydrogens is 390 g/mol. The molecule has 0 aromatic carbocycles. The summed E-state index contributed by atoms with van der Waals surface area (Å²) in [4.78, 5) is 0.396. The summed E-state index contributed by atoms with van der Waals surface area (Å²) in [5.74, 6) is 0. The quantitative estimate of drug-likeness (QED) is 0.251. The molecule has 1 aliphatic rings. The normalized spacial score (nSPS) is 19.4. The molecule has 0 fully saturated rings. The Labute approximate surface area is 98.6 Å². The molecule has 0 aromatic rings. The monoisotopic (exact) mass is 394 g/mol. The Bertz CT molecular complexity index is 174. The van der Waals surface area contributed by atoms with Crippen molar-refractivity contribution in [2.45, 2.75) is 0 Å². The molecule has 0 saturated carbocycles. The fourth-order valence-corrected chi connectivity index (χ4v) is 0.597. The van der Waals surface area contributed by atoms with Gasteiger partial charge in [-0.15, -0.1) is 0 Å². The van der Waals surface area contributed by atoms with E-state index in [2.05, 4.69) is 12.2 Å². The van der Waals surface area contributed by atoms with Gasteiger partial charge in [-0.25, -0.2) is 0 Å². The zero-order chi connectivity index (χ0) is 5.98. The van der Waals surface area contributed by atoms with Crippen molar-refractivity contribution in [3.63, 3.8) is 0 Å². The molecule has 1 atom stereocenters. The van der Waals surface area contributed by atoms with Crippen molar-refractivity contribution in [1.82, 2.24) is 0 Å². The SMILES string of the molecule is [Au+2].[Cl-].[Cl-].[O-][NH+]1C=CC=CC1=S. The van der Waals surface area contributed by atoms with Crippen LogP contribution in [0.2, 0.25) is 0 Å². The van der Waals surface area contributed by atoms with Crippen LogP contribution in [-0.4, -0.2) is 4.99 Å². The summed E-state index contributed by atoms with van der Waals surface area (Å²) < 4.78 is 0. The van der Waals surface area contributed by atoms with E-state index in [-0.39, 0.29) is 52.3 Å². The fraction of sp³-hybridized carbons (Fsp3) is 0. The van der Waals surface area contributed by atoms with Crippen LogP contribution in [0.4, 0.5) is 0 Å². The predicted molar refractivity (Wildman–Crippen MR) is 35.2 cm³/mol. The summed E-state index contributed by atoms with van der Waals surface area (Å²) in [5.41, 5.74) is 0. The zero-order valence-electron chi connectivity index (χ0n) is 5.18. The smallest absolute Gasteiger partial charge is 1.00 e. The second-order valence-electron chi connectivity index (χ2n) is 1.45. The van der Waals surface area contributed by atoms with Gasteiger partial charge < -0.3 is 35.1 Å². The van der Waals surface area contributed by atoms with Crippen LogP contribution in [0, 0.1) is 5.21 Å². The number of allylic oxidation sites excluding steroid dienone is 2. The molecule has 2 nitrogen and oxygen atoms in total. The van der Waals surface area contributed by atoms with Gasteiger partial charge in [-0.3, -0.25) is 0 Å². The first-order valence-corrected chi connectivity index (χ1v) is 2.64. The van der Waals surface area contributed by atoms with Gasteiger partial charge in [0.15, 0.2) is 0 Å². The first-order chi connectivity index (χ1) is 3.80. The Morgan fingerprint density at radius 3 is 2.09 bits per heavy atom. The van der Waals surface area contributed by atoms with Crippen LogP contribution in [0.1, 0.15) is 0 Å². The molecule has 0 amide bonds. The molecule has 0 bridgehead atoms. The van der Waals surface area contributed by atoms with Gasteiger partial charge in [-0.05, 0) is 18.3 Å². The Morgan fingerprint density at radius 2 is 1.82 bits per heavy atom. The van der Waals surface area contributed by atoms with E-state index >= 15 is 0 Å². The van der Waals surface area contributed by atoms with Crippen molar-refractivity contribution in [2.75, 3.05) is 0 Å². The maximum atomic E-state index is 10.5. The van der Waals surface area contributed by atoms with Crippen LogP contribution in [0.3, 0.4) is 0 Å². The van der Waals surface area contributed by atoms with Gasteiger partial charge in [0.2, 0.25) is 4.99 Å². The second kappa shape index (κ2) is 8.90. The summed E-state index contributed by atoms with van der Waals surface area (Å²) >= 11 is 4.64. The number of rotatable bonds is 0. The third-order valence-corrected chi connectivity index (χ3v) is 1.19. The van der Waals surface area contributed by atoms with Crippen molar-refractivity contribution in [2.24, 2.45) is 0 Å². The Morgan fingerprint density at radius 1 is 1.27 bits per heavy atom. The minimum absolute atomic E-state index is 0. The molecule has 0 saturated heterocycles. The molecule has 0 aromatic heterocycles. The summed E-state index contributed by atoms with van der Waals surface area (Å²) in [5, 5.41) is 10.4. The van der Waals surface area contributed by atoms with Crippen molar-refractivity contribution in [3.05, 3.63) is 29.6 Å². The summed E-state index contributed by atoms with van der Waals surface area (Å²) in [6, 6.07) is 0. The largest absolute Gasteiger partial charge is 2.00 e. The molecule has 1 unspecified atom stereocenters. The molecule has 1 rings (SSSR count). The molecule has 67 valence electrons. The van der Waals surface area contributed by atoms with E-state index in [0.717, 1.165) is 0 Å². The van der Waals surface area contributed by atoms with E-state index in [4.69, 9.17) is 0 Å². The van der Waals surface area contributed by atoms with E-state index in [1.807, 2.05) is 0 Å². The Hall–Kier alpha value is 0.810. The Kier molecular flexibility index (Phi) is 14.4. The van der Waals surface area contributed by atoms with Gasteiger partial charge in [-0.1, -0.05) is 6.08 Å². The van der Waals surface area contributed by atoms with Crippen LogP contribution in [0.5, 0.6) is 0 Å². The number of hydrogen-bond acceptors (Lipinski definition) is 2. The third kappa shape index (κ3) is 6.02. The van der Waals surface area contributed by atoms with E-state index in [0.29, 0.717) is 4.99 Å². The molecule has 1 heterocycles. The summed E-state index contributed by atoms with van der Waals surface area (Å²) in [7, 11) is 0. The number of halogens is 2. The second-order valence-corrected chi connectivity index (χ2v) is 1.89. The van der Waals surface area contributed by atoms with Gasteiger partial charge in [0.05, 0.1) is 6.20 Å². The van der Waals surface area contributed by atoms with Gasteiger partial charge in [-0.2, -0.15) is 0 Å². The number of thiocarbonyl (C=S) groups is 1. The number of nitrogens with one attached hydrogen (secondary N) is 1. The standard InChI is InChI=1S/C5H5NOS.Au.2ClH/c7-6-4-2-1-3-5(6)8;;;/h1-4,6H;;2*1H/q;+2;;/p-2. The Balaban J connectivity index is -0.000000213. The van der Waals surface area contributed by atoms with Crippen LogP contribution >= 0.6 is 12.2 Å². The molecule has 1 aliphatic heterocycles. The fourth-order valence-electron chi connectivity index (χ4n) is 0.450. The van der Waals surface area contributed by atoms with E-state index < -0.39 is 0 Å². The molecule has 0 aliphatic carbocycles. The minimum Gasteiger partial charge on any atom is -1.00 e. The van der Waals surface area contributed by atoms with Crippen LogP contribution in [0.15, 0.2) is 24.4 Å². The number of quaternary nitrogens is 1. The van der Waals surface area contributed by atoms with Gasteiger partial charge >= 0.3 is 22.4 Å². The average molecular weight is 395 g/mol. The molecule has 6 heteroatoms. The van der Waals surface area contributed by atoms with E-state index in [1.165, 1.54) is 6.20 Å². The molecule has 1 radical (unpaired) electrons. The zero-order valence-corrected chi connectivity index (χ0v) is 9.68. The third-order valence-electron chi connectivity index (χ3n) is 0.849. The van der Waals surface area contributed by atoms with Crippen LogP contribution in [0.25, 0.3) is 0 Å². The average Bonchev–Trinajstić information content (AvgIpc) is 1.77. The molecule has 11 heavy (non-hydrogen) atoms. The van der Waals surface area contributed by atoms with Crippen LogP contribution < -0.4 is 29.9 Å². The maximum Gasteiger partial charge on any atom is 2.00 e. The number of hydroxylamine groups is 2. The minimum atomic E-state index is -0.0671. The van der Waals surface area contributed by atoms with Gasteiger partial charge in [0.25, 0.3) is 0 Å². The van der Waals surface area contributed by atoms with Crippen molar-refractivity contribution in [3.8, 4) is 0 Å². The van der Waals surface area contributed by atoms with Gasteiger partial charge in [0, 0.05) is 6.08 Å². The van der Waals surface area contributed by atoms with Crippen molar-refractivity contribution < 1.29 is 52.3 Å². The molecule has 1 N–H and O–H groups in total. The number of hydrogen-bond donors (Lipinski definition) is 1.